The predicted octanol–water partition coefficient (Wildman–Crippen LogP) is 2.41. The summed E-state index contributed by atoms with van der Waals surface area (Å²) in [7, 11) is 0. The first-order valence-corrected chi connectivity index (χ1v) is 6.14. The summed E-state index contributed by atoms with van der Waals surface area (Å²) in [5.74, 6) is 0. The Balaban J connectivity index is 2.44. The van der Waals surface area contributed by atoms with Gasteiger partial charge in [0.05, 0.1) is 0 Å². The molecular weight excluding hydrogens is 281 g/mol. The van der Waals surface area contributed by atoms with Crippen molar-refractivity contribution in [3.8, 4) is 0 Å². The maximum atomic E-state index is 11.8. The van der Waals surface area contributed by atoms with E-state index in [4.69, 9.17) is 0 Å². The summed E-state index contributed by atoms with van der Waals surface area (Å²) < 4.78 is 31.7. The molecule has 0 spiro atoms. The van der Waals surface area contributed by atoms with E-state index < -0.39 is 25.1 Å². The SMILES string of the molecule is FC(F)(F)[Te]Cc1ccccc1. The summed E-state index contributed by atoms with van der Waals surface area (Å²) in [6.45, 7) is 0. The Morgan fingerprint density at radius 1 is 1.08 bits per heavy atom. The molecule has 0 unspecified atom stereocenters. The first-order chi connectivity index (χ1) is 5.58. The molecule has 0 aliphatic carbocycles. The fraction of sp³-hybridized carbons (Fsp3) is 0.250. The molecule has 4 heteroatoms. The van der Waals surface area contributed by atoms with Gasteiger partial charge in [-0.3, -0.25) is 0 Å². The minimum atomic E-state index is -3.92. The summed E-state index contributed by atoms with van der Waals surface area (Å²) in [6.07, 6.45) is 0. The second-order valence-electron chi connectivity index (χ2n) is 2.22. The van der Waals surface area contributed by atoms with Crippen molar-refractivity contribution in [3.05, 3.63) is 35.9 Å². The Morgan fingerprint density at radius 2 is 1.67 bits per heavy atom. The summed E-state index contributed by atoms with van der Waals surface area (Å²) in [4.78, 5) is 0. The van der Waals surface area contributed by atoms with Crippen molar-refractivity contribution in [2.24, 2.45) is 0 Å². The second kappa shape index (κ2) is 4.15. The number of hydrogen-bond donors (Lipinski definition) is 0. The fourth-order valence-corrected chi connectivity index (χ4v) is 2.23. The van der Waals surface area contributed by atoms with Crippen molar-refractivity contribution in [1.29, 1.82) is 0 Å². The van der Waals surface area contributed by atoms with Gasteiger partial charge in [-0.25, -0.2) is 0 Å². The van der Waals surface area contributed by atoms with Crippen LogP contribution in [-0.2, 0) is 4.47 Å². The van der Waals surface area contributed by atoms with Crippen molar-refractivity contribution in [2.45, 2.75) is 8.69 Å². The summed E-state index contributed by atoms with van der Waals surface area (Å²) in [5.41, 5.74) is 0.789. The molecular formula is C8H7F3Te. The van der Waals surface area contributed by atoms with Crippen LogP contribution in [0.3, 0.4) is 0 Å². The Morgan fingerprint density at radius 3 is 2.17 bits per heavy atom. The van der Waals surface area contributed by atoms with Crippen LogP contribution >= 0.6 is 0 Å². The van der Waals surface area contributed by atoms with Gasteiger partial charge in [-0.05, 0) is 0 Å². The van der Waals surface area contributed by atoms with Crippen LogP contribution in [-0.4, -0.2) is 25.1 Å². The van der Waals surface area contributed by atoms with Crippen LogP contribution in [0.4, 0.5) is 13.2 Å². The van der Waals surface area contributed by atoms with E-state index in [0.717, 1.165) is 5.56 Å². The molecule has 1 aromatic rings. The average molecular weight is 288 g/mol. The van der Waals surface area contributed by atoms with Gasteiger partial charge in [0.15, 0.2) is 0 Å². The van der Waals surface area contributed by atoms with Crippen molar-refractivity contribution >= 4 is 20.9 Å². The zero-order valence-corrected chi connectivity index (χ0v) is 8.47. The first-order valence-electron chi connectivity index (χ1n) is 3.32. The third kappa shape index (κ3) is 3.98. The first kappa shape index (κ1) is 9.88. The van der Waals surface area contributed by atoms with Crippen molar-refractivity contribution in [1.82, 2.24) is 0 Å². The molecule has 1 rings (SSSR count). The van der Waals surface area contributed by atoms with Crippen LogP contribution in [0.1, 0.15) is 5.56 Å². The van der Waals surface area contributed by atoms with Crippen molar-refractivity contribution in [2.75, 3.05) is 0 Å². The van der Waals surface area contributed by atoms with Gasteiger partial charge in [0, 0.05) is 0 Å². The normalized spacial score (nSPS) is 11.6. The van der Waals surface area contributed by atoms with Crippen LogP contribution in [0.5, 0.6) is 0 Å². The molecule has 0 saturated carbocycles. The molecule has 0 aliphatic rings. The van der Waals surface area contributed by atoms with Gasteiger partial charge in [0.25, 0.3) is 0 Å². The second-order valence-corrected chi connectivity index (χ2v) is 5.19. The maximum absolute atomic E-state index is 11.8. The molecule has 0 amide bonds. The van der Waals surface area contributed by atoms with Gasteiger partial charge in [0.1, 0.15) is 0 Å². The average Bonchev–Trinajstić information content (AvgIpc) is 2.02. The Labute approximate surface area is 78.9 Å². The molecule has 0 fully saturated rings. The predicted molar refractivity (Wildman–Crippen MR) is 42.0 cm³/mol. The number of halogens is 3. The van der Waals surface area contributed by atoms with Crippen LogP contribution in [0.15, 0.2) is 30.3 Å². The van der Waals surface area contributed by atoms with E-state index in [1.165, 1.54) is 0 Å². The standard InChI is InChI=1S/C8H7F3Te/c9-8(10,11)12-6-7-4-2-1-3-5-7/h1-5H,6H2. The third-order valence-corrected chi connectivity index (χ3v) is 3.54. The van der Waals surface area contributed by atoms with Crippen LogP contribution in [0.25, 0.3) is 0 Å². The monoisotopic (exact) mass is 290 g/mol. The zero-order chi connectivity index (χ0) is 9.03. The molecule has 12 heavy (non-hydrogen) atoms. The van der Waals surface area contributed by atoms with Gasteiger partial charge < -0.3 is 0 Å². The van der Waals surface area contributed by atoms with Gasteiger partial charge in [0.2, 0.25) is 0 Å². The van der Waals surface area contributed by atoms with E-state index >= 15 is 0 Å². The number of alkyl halides is 3. The molecule has 0 nitrogen and oxygen atoms in total. The van der Waals surface area contributed by atoms with E-state index in [1.54, 1.807) is 30.3 Å². The van der Waals surface area contributed by atoms with Gasteiger partial charge in [-0.15, -0.1) is 0 Å². The van der Waals surface area contributed by atoms with Crippen molar-refractivity contribution in [3.63, 3.8) is 0 Å². The Hall–Kier alpha value is -0.200. The number of hydrogen-bond acceptors (Lipinski definition) is 0. The Kier molecular flexibility index (Phi) is 3.42. The quantitative estimate of drug-likeness (QED) is 0.733. The summed E-state index contributed by atoms with van der Waals surface area (Å²) >= 11 is -1.87. The Bertz CT molecular complexity index is 230. The van der Waals surface area contributed by atoms with Gasteiger partial charge in [-0.2, -0.15) is 0 Å². The number of benzene rings is 1. The fourth-order valence-electron chi connectivity index (χ4n) is 0.739. The molecule has 0 bridgehead atoms. The van der Waals surface area contributed by atoms with E-state index in [0.29, 0.717) is 0 Å². The molecule has 0 saturated heterocycles. The number of rotatable bonds is 2. The van der Waals surface area contributed by atoms with Crippen LogP contribution in [0.2, 0.25) is 0 Å². The molecule has 0 heterocycles. The molecule has 0 radical (unpaired) electrons. The van der Waals surface area contributed by atoms with Gasteiger partial charge >= 0.3 is 78.7 Å². The molecule has 0 atom stereocenters. The zero-order valence-electron chi connectivity index (χ0n) is 6.14. The third-order valence-electron chi connectivity index (χ3n) is 1.25. The molecule has 0 aliphatic heterocycles. The van der Waals surface area contributed by atoms with E-state index in [1.807, 2.05) is 0 Å². The van der Waals surface area contributed by atoms with Crippen LogP contribution < -0.4 is 0 Å². The van der Waals surface area contributed by atoms with E-state index in [-0.39, 0.29) is 4.47 Å². The van der Waals surface area contributed by atoms with Gasteiger partial charge in [-0.1, -0.05) is 0 Å². The minimum absolute atomic E-state index is 0.204. The van der Waals surface area contributed by atoms with E-state index in [2.05, 4.69) is 0 Å². The molecule has 0 N–H and O–H groups in total. The molecule has 0 aromatic heterocycles. The summed E-state index contributed by atoms with van der Waals surface area (Å²) in [5, 5.41) is 0. The topological polar surface area (TPSA) is 0 Å². The summed E-state index contributed by atoms with van der Waals surface area (Å²) in [6, 6.07) is 8.79. The molecule has 66 valence electrons. The van der Waals surface area contributed by atoms with Crippen molar-refractivity contribution < 1.29 is 13.2 Å². The van der Waals surface area contributed by atoms with E-state index in [9.17, 15) is 13.2 Å². The molecule has 1 aromatic carbocycles. The van der Waals surface area contributed by atoms with Crippen LogP contribution in [0, 0.1) is 0 Å².